The fraction of sp³-hybridized carbons (Fsp3) is 0.750. The highest BCUT2D eigenvalue weighted by atomic mass is 32.2. The van der Waals surface area contributed by atoms with Gasteiger partial charge in [-0.05, 0) is 6.42 Å². The third-order valence-electron chi connectivity index (χ3n) is 1.54. The quantitative estimate of drug-likeness (QED) is 0.691. The van der Waals surface area contributed by atoms with Gasteiger partial charge < -0.3 is 0 Å². The third-order valence-corrected chi connectivity index (χ3v) is 2.66. The lowest BCUT2D eigenvalue weighted by Crippen LogP contribution is -2.45. The zero-order valence-electron chi connectivity index (χ0n) is 8.63. The summed E-state index contributed by atoms with van der Waals surface area (Å²) < 4.78 is 60.8. The van der Waals surface area contributed by atoms with Crippen LogP contribution >= 0.6 is 0 Å². The lowest BCUT2D eigenvalue weighted by Gasteiger charge is -2.14. The molecule has 0 spiro atoms. The van der Waals surface area contributed by atoms with E-state index in [1.54, 1.807) is 6.92 Å². The molecule has 8 heteroatoms. The molecule has 0 saturated heterocycles. The van der Waals surface area contributed by atoms with Gasteiger partial charge in [0.1, 0.15) is 6.54 Å². The number of terminal acetylenes is 1. The first-order chi connectivity index (χ1) is 7.20. The minimum atomic E-state index is -4.59. The van der Waals surface area contributed by atoms with Crippen molar-refractivity contribution in [2.75, 3.05) is 6.54 Å². The lowest BCUT2D eigenvalue weighted by atomic mass is 10.2. The van der Waals surface area contributed by atoms with Gasteiger partial charge in [-0.3, -0.25) is 0 Å². The fourth-order valence-corrected chi connectivity index (χ4v) is 1.87. The van der Waals surface area contributed by atoms with E-state index in [1.165, 1.54) is 4.72 Å². The van der Waals surface area contributed by atoms with Crippen molar-refractivity contribution in [2.24, 2.45) is 0 Å². The lowest BCUT2D eigenvalue weighted by molar-refractivity contribution is -0.121. The standard InChI is InChI=1S/C8H13F3N2O2S/c1-3-5-7(4-2)13-16(14,15)12-6-8(9,10)11/h2,7,12-13H,3,5-6H2,1H3. The average Bonchev–Trinajstić information content (AvgIpc) is 2.13. The van der Waals surface area contributed by atoms with Gasteiger partial charge in [0.05, 0.1) is 6.04 Å². The van der Waals surface area contributed by atoms with Gasteiger partial charge in [0, 0.05) is 0 Å². The number of hydrogen-bond donors (Lipinski definition) is 2. The Kier molecular flexibility index (Phi) is 5.78. The van der Waals surface area contributed by atoms with Gasteiger partial charge in [0.2, 0.25) is 0 Å². The normalized spacial score (nSPS) is 14.4. The van der Waals surface area contributed by atoms with Gasteiger partial charge in [-0.2, -0.15) is 31.0 Å². The first-order valence-corrected chi connectivity index (χ1v) is 5.98. The van der Waals surface area contributed by atoms with E-state index in [2.05, 4.69) is 5.92 Å². The maximum Gasteiger partial charge on any atom is 0.402 e. The van der Waals surface area contributed by atoms with Crippen molar-refractivity contribution >= 4 is 10.2 Å². The molecule has 0 aromatic carbocycles. The predicted molar refractivity (Wildman–Crippen MR) is 53.6 cm³/mol. The number of halogens is 3. The molecule has 0 bridgehead atoms. The smallest absolute Gasteiger partial charge is 0.195 e. The van der Waals surface area contributed by atoms with Crippen molar-refractivity contribution in [3.05, 3.63) is 0 Å². The highest BCUT2D eigenvalue weighted by Crippen LogP contribution is 2.12. The molecular weight excluding hydrogens is 245 g/mol. The molecule has 0 aliphatic carbocycles. The third kappa shape index (κ3) is 7.50. The molecule has 0 heterocycles. The van der Waals surface area contributed by atoms with Crippen molar-refractivity contribution in [3.63, 3.8) is 0 Å². The number of hydrogen-bond acceptors (Lipinski definition) is 2. The van der Waals surface area contributed by atoms with Gasteiger partial charge in [-0.15, -0.1) is 6.42 Å². The van der Waals surface area contributed by atoms with Crippen molar-refractivity contribution < 1.29 is 21.6 Å². The highest BCUT2D eigenvalue weighted by molar-refractivity contribution is 7.87. The minimum Gasteiger partial charge on any atom is -0.195 e. The minimum absolute atomic E-state index is 0.365. The Hall–Kier alpha value is -0.780. The first-order valence-electron chi connectivity index (χ1n) is 4.50. The summed E-state index contributed by atoms with van der Waals surface area (Å²) >= 11 is 0. The molecule has 0 rings (SSSR count). The van der Waals surface area contributed by atoms with E-state index < -0.39 is 29.0 Å². The summed E-state index contributed by atoms with van der Waals surface area (Å²) in [6, 6.07) is -0.796. The van der Waals surface area contributed by atoms with E-state index in [-0.39, 0.29) is 0 Å². The Bertz CT molecular complexity index is 345. The molecule has 94 valence electrons. The summed E-state index contributed by atoms with van der Waals surface area (Å²) in [5.74, 6) is 2.14. The summed E-state index contributed by atoms with van der Waals surface area (Å²) in [4.78, 5) is 0. The van der Waals surface area contributed by atoms with E-state index in [0.29, 0.717) is 12.8 Å². The summed E-state index contributed by atoms with van der Waals surface area (Å²) in [5, 5.41) is 0. The first kappa shape index (κ1) is 15.2. The number of rotatable bonds is 6. The topological polar surface area (TPSA) is 58.2 Å². The molecule has 0 aromatic heterocycles. The molecule has 0 amide bonds. The summed E-state index contributed by atoms with van der Waals surface area (Å²) in [7, 11) is -4.21. The Balaban J connectivity index is 4.30. The van der Waals surface area contributed by atoms with Crippen LogP contribution in [0, 0.1) is 12.3 Å². The Morgan fingerprint density at radius 1 is 1.44 bits per heavy atom. The van der Waals surface area contributed by atoms with Crippen LogP contribution in [0.25, 0.3) is 0 Å². The summed E-state index contributed by atoms with van der Waals surface area (Å²) in [6.45, 7) is 0.160. The zero-order chi connectivity index (χ0) is 12.8. The average molecular weight is 258 g/mol. The van der Waals surface area contributed by atoms with Gasteiger partial charge in [0.15, 0.2) is 0 Å². The van der Waals surface area contributed by atoms with Crippen LogP contribution in [0.1, 0.15) is 19.8 Å². The van der Waals surface area contributed by atoms with Crippen LogP contribution in [0.5, 0.6) is 0 Å². The van der Waals surface area contributed by atoms with Crippen LogP contribution in [0.15, 0.2) is 0 Å². The molecule has 0 aromatic rings. The van der Waals surface area contributed by atoms with Crippen LogP contribution in [-0.4, -0.2) is 27.2 Å². The van der Waals surface area contributed by atoms with Crippen LogP contribution in [0.2, 0.25) is 0 Å². The molecule has 1 unspecified atom stereocenters. The molecule has 0 radical (unpaired) electrons. The zero-order valence-corrected chi connectivity index (χ0v) is 9.45. The molecule has 4 nitrogen and oxygen atoms in total. The molecule has 2 N–H and O–H groups in total. The second kappa shape index (κ2) is 6.08. The van der Waals surface area contributed by atoms with E-state index in [4.69, 9.17) is 6.42 Å². The van der Waals surface area contributed by atoms with Crippen molar-refractivity contribution in [1.82, 2.24) is 9.44 Å². The van der Waals surface area contributed by atoms with Crippen LogP contribution in [-0.2, 0) is 10.2 Å². The van der Waals surface area contributed by atoms with Gasteiger partial charge >= 0.3 is 6.18 Å². The molecule has 0 fully saturated rings. The Morgan fingerprint density at radius 3 is 2.38 bits per heavy atom. The summed E-state index contributed by atoms with van der Waals surface area (Å²) in [5.41, 5.74) is 0. The molecule has 16 heavy (non-hydrogen) atoms. The van der Waals surface area contributed by atoms with E-state index in [9.17, 15) is 21.6 Å². The van der Waals surface area contributed by atoms with E-state index in [1.807, 2.05) is 4.72 Å². The monoisotopic (exact) mass is 258 g/mol. The molecular formula is C8H13F3N2O2S. The maximum absolute atomic E-state index is 11.8. The van der Waals surface area contributed by atoms with Crippen LogP contribution < -0.4 is 9.44 Å². The van der Waals surface area contributed by atoms with Gasteiger partial charge in [-0.25, -0.2) is 0 Å². The van der Waals surface area contributed by atoms with Crippen molar-refractivity contribution in [1.29, 1.82) is 0 Å². The second-order valence-electron chi connectivity index (χ2n) is 3.07. The largest absolute Gasteiger partial charge is 0.402 e. The highest BCUT2D eigenvalue weighted by Gasteiger charge is 2.29. The fourth-order valence-electron chi connectivity index (χ4n) is 0.871. The van der Waals surface area contributed by atoms with Gasteiger partial charge in [0.25, 0.3) is 10.2 Å². The molecule has 0 aliphatic heterocycles. The Labute approximate surface area is 92.8 Å². The Morgan fingerprint density at radius 2 is 2.00 bits per heavy atom. The van der Waals surface area contributed by atoms with Gasteiger partial charge in [-0.1, -0.05) is 19.3 Å². The maximum atomic E-state index is 11.8. The SMILES string of the molecule is C#CC(CCC)NS(=O)(=O)NCC(F)(F)F. The van der Waals surface area contributed by atoms with Crippen LogP contribution in [0.3, 0.4) is 0 Å². The predicted octanol–water partition coefficient (Wildman–Crippen LogP) is 0.775. The van der Waals surface area contributed by atoms with Crippen molar-refractivity contribution in [2.45, 2.75) is 32.0 Å². The van der Waals surface area contributed by atoms with E-state index in [0.717, 1.165) is 0 Å². The number of alkyl halides is 3. The number of nitrogens with one attached hydrogen (secondary N) is 2. The summed E-state index contributed by atoms with van der Waals surface area (Å²) in [6.07, 6.45) is 1.42. The van der Waals surface area contributed by atoms with Crippen molar-refractivity contribution in [3.8, 4) is 12.3 Å². The second-order valence-corrected chi connectivity index (χ2v) is 4.60. The molecule has 1 atom stereocenters. The van der Waals surface area contributed by atoms with Crippen LogP contribution in [0.4, 0.5) is 13.2 Å². The van der Waals surface area contributed by atoms with E-state index >= 15 is 0 Å². The molecule has 0 aliphatic rings. The molecule has 0 saturated carbocycles.